The molecule has 6 heteroatoms. The Labute approximate surface area is 97.6 Å². The lowest BCUT2D eigenvalue weighted by Crippen LogP contribution is -2.48. The molecule has 92 valence electrons. The molecule has 0 bridgehead atoms. The first-order valence-electron chi connectivity index (χ1n) is 5.38. The van der Waals surface area contributed by atoms with Gasteiger partial charge in [-0.05, 0) is 12.1 Å². The van der Waals surface area contributed by atoms with Gasteiger partial charge in [-0.2, -0.15) is 0 Å². The van der Waals surface area contributed by atoms with Gasteiger partial charge in [-0.1, -0.05) is 0 Å². The normalized spacial score (nSPS) is 15.8. The monoisotopic (exact) mass is 241 g/mol. The zero-order chi connectivity index (χ0) is 12.3. The summed E-state index contributed by atoms with van der Waals surface area (Å²) in [6.07, 6.45) is 0. The lowest BCUT2D eigenvalue weighted by molar-refractivity contribution is 0.203. The number of urea groups is 1. The van der Waals surface area contributed by atoms with Gasteiger partial charge < -0.3 is 15.5 Å². The number of carbonyl (C=O) groups excluding carboxylic acids is 1. The fourth-order valence-corrected chi connectivity index (χ4v) is 1.66. The van der Waals surface area contributed by atoms with Gasteiger partial charge in [-0.3, -0.25) is 0 Å². The van der Waals surface area contributed by atoms with Crippen molar-refractivity contribution in [3.63, 3.8) is 0 Å². The highest BCUT2D eigenvalue weighted by molar-refractivity contribution is 5.89. The van der Waals surface area contributed by atoms with Crippen molar-refractivity contribution in [2.45, 2.75) is 0 Å². The van der Waals surface area contributed by atoms with E-state index in [1.165, 1.54) is 0 Å². The third-order valence-corrected chi connectivity index (χ3v) is 2.57. The highest BCUT2D eigenvalue weighted by Crippen LogP contribution is 2.15. The van der Waals surface area contributed by atoms with E-state index >= 15 is 0 Å². The topological polar surface area (TPSA) is 44.4 Å². The number of anilines is 1. The number of halogens is 2. The number of rotatable bonds is 1. The Morgan fingerprint density at radius 2 is 2.00 bits per heavy atom. The van der Waals surface area contributed by atoms with Crippen LogP contribution in [-0.4, -0.2) is 37.1 Å². The van der Waals surface area contributed by atoms with Crippen LogP contribution in [0, 0.1) is 11.6 Å². The third-order valence-electron chi connectivity index (χ3n) is 2.57. The Morgan fingerprint density at radius 1 is 1.29 bits per heavy atom. The first-order chi connectivity index (χ1) is 8.16. The van der Waals surface area contributed by atoms with Crippen molar-refractivity contribution in [1.82, 2.24) is 10.2 Å². The van der Waals surface area contributed by atoms with Crippen molar-refractivity contribution < 1.29 is 13.6 Å². The smallest absolute Gasteiger partial charge is 0.322 e. The Morgan fingerprint density at radius 3 is 2.71 bits per heavy atom. The van der Waals surface area contributed by atoms with Crippen LogP contribution in [0.1, 0.15) is 0 Å². The molecule has 0 radical (unpaired) electrons. The average Bonchev–Trinajstić information content (AvgIpc) is 2.35. The molecule has 1 aliphatic heterocycles. The molecule has 2 amide bonds. The predicted molar refractivity (Wildman–Crippen MR) is 59.8 cm³/mol. The van der Waals surface area contributed by atoms with Crippen LogP contribution in [0.3, 0.4) is 0 Å². The minimum absolute atomic E-state index is 0.131. The number of carbonyl (C=O) groups is 1. The third kappa shape index (κ3) is 2.91. The Bertz CT molecular complexity index is 419. The van der Waals surface area contributed by atoms with Crippen LogP contribution in [0.5, 0.6) is 0 Å². The summed E-state index contributed by atoms with van der Waals surface area (Å²) in [7, 11) is 0. The van der Waals surface area contributed by atoms with Gasteiger partial charge in [0.25, 0.3) is 0 Å². The molecule has 2 N–H and O–H groups in total. The van der Waals surface area contributed by atoms with Crippen LogP contribution in [0.25, 0.3) is 0 Å². The molecule has 0 saturated carbocycles. The molecule has 0 unspecified atom stereocenters. The number of hydrogen-bond acceptors (Lipinski definition) is 2. The van der Waals surface area contributed by atoms with E-state index in [4.69, 9.17) is 0 Å². The Balaban J connectivity index is 2.04. The minimum atomic E-state index is -0.644. The maximum Gasteiger partial charge on any atom is 0.322 e. The second-order valence-electron chi connectivity index (χ2n) is 3.79. The van der Waals surface area contributed by atoms with Crippen LogP contribution in [0.15, 0.2) is 18.2 Å². The molecule has 1 aromatic carbocycles. The molecule has 1 fully saturated rings. The lowest BCUT2D eigenvalue weighted by Gasteiger charge is -2.27. The summed E-state index contributed by atoms with van der Waals surface area (Å²) in [5.41, 5.74) is -0.131. The first-order valence-corrected chi connectivity index (χ1v) is 5.38. The van der Waals surface area contributed by atoms with Crippen molar-refractivity contribution >= 4 is 11.7 Å². The van der Waals surface area contributed by atoms with E-state index in [-0.39, 0.29) is 5.69 Å². The Hall–Kier alpha value is -1.69. The van der Waals surface area contributed by atoms with Crippen LogP contribution >= 0.6 is 0 Å². The summed E-state index contributed by atoms with van der Waals surface area (Å²) >= 11 is 0. The summed E-state index contributed by atoms with van der Waals surface area (Å²) in [5, 5.41) is 5.46. The van der Waals surface area contributed by atoms with Crippen LogP contribution in [-0.2, 0) is 0 Å². The average molecular weight is 241 g/mol. The first kappa shape index (κ1) is 11.8. The van der Waals surface area contributed by atoms with Gasteiger partial charge in [0.2, 0.25) is 0 Å². The number of benzene rings is 1. The molecule has 1 aliphatic rings. The van der Waals surface area contributed by atoms with Crippen molar-refractivity contribution in [3.8, 4) is 0 Å². The maximum absolute atomic E-state index is 13.3. The molecule has 0 atom stereocenters. The highest BCUT2D eigenvalue weighted by atomic mass is 19.1. The van der Waals surface area contributed by atoms with Gasteiger partial charge in [0.15, 0.2) is 0 Å². The zero-order valence-corrected chi connectivity index (χ0v) is 9.17. The van der Waals surface area contributed by atoms with Crippen molar-refractivity contribution in [2.24, 2.45) is 0 Å². The molecule has 4 nitrogen and oxygen atoms in total. The van der Waals surface area contributed by atoms with Gasteiger partial charge in [-0.25, -0.2) is 13.6 Å². The molecule has 1 aromatic rings. The SMILES string of the molecule is O=C(Nc1cc(F)ccc1F)N1CCNCC1. The largest absolute Gasteiger partial charge is 0.322 e. The summed E-state index contributed by atoms with van der Waals surface area (Å²) < 4.78 is 26.2. The zero-order valence-electron chi connectivity index (χ0n) is 9.17. The van der Waals surface area contributed by atoms with E-state index in [1.807, 2.05) is 0 Å². The van der Waals surface area contributed by atoms with Crippen molar-refractivity contribution in [3.05, 3.63) is 29.8 Å². The van der Waals surface area contributed by atoms with Crippen LogP contribution in [0.4, 0.5) is 19.3 Å². The van der Waals surface area contributed by atoms with E-state index in [1.54, 1.807) is 4.90 Å². The van der Waals surface area contributed by atoms with Crippen molar-refractivity contribution in [1.29, 1.82) is 0 Å². The maximum atomic E-state index is 13.3. The molecular formula is C11H13F2N3O. The van der Waals surface area contributed by atoms with Gasteiger partial charge in [-0.15, -0.1) is 0 Å². The predicted octanol–water partition coefficient (Wildman–Crippen LogP) is 1.40. The number of hydrogen-bond donors (Lipinski definition) is 2. The summed E-state index contributed by atoms with van der Waals surface area (Å²) in [5.74, 6) is -1.23. The fourth-order valence-electron chi connectivity index (χ4n) is 1.66. The van der Waals surface area contributed by atoms with Crippen LogP contribution in [0.2, 0.25) is 0 Å². The quantitative estimate of drug-likeness (QED) is 0.780. The molecule has 1 saturated heterocycles. The van der Waals surface area contributed by atoms with Gasteiger partial charge in [0.1, 0.15) is 11.6 Å². The van der Waals surface area contributed by atoms with E-state index in [0.29, 0.717) is 26.2 Å². The second-order valence-corrected chi connectivity index (χ2v) is 3.79. The van der Waals surface area contributed by atoms with Gasteiger partial charge in [0, 0.05) is 32.2 Å². The fraction of sp³-hybridized carbons (Fsp3) is 0.364. The minimum Gasteiger partial charge on any atom is -0.322 e. The van der Waals surface area contributed by atoms with E-state index in [2.05, 4.69) is 10.6 Å². The summed E-state index contributed by atoms with van der Waals surface area (Å²) in [6.45, 7) is 2.53. The van der Waals surface area contributed by atoms with Gasteiger partial charge >= 0.3 is 6.03 Å². The number of amides is 2. The van der Waals surface area contributed by atoms with Gasteiger partial charge in [0.05, 0.1) is 5.69 Å². The molecular weight excluding hydrogens is 228 g/mol. The summed E-state index contributed by atoms with van der Waals surface area (Å²) in [6, 6.07) is 2.56. The standard InChI is InChI=1S/C11H13F2N3O/c12-8-1-2-9(13)10(7-8)15-11(17)16-5-3-14-4-6-16/h1-2,7,14H,3-6H2,(H,15,17). The Kier molecular flexibility index (Phi) is 3.53. The second kappa shape index (κ2) is 5.09. The lowest BCUT2D eigenvalue weighted by atomic mass is 10.3. The molecule has 0 spiro atoms. The molecule has 17 heavy (non-hydrogen) atoms. The molecule has 2 rings (SSSR count). The van der Waals surface area contributed by atoms with Crippen LogP contribution < -0.4 is 10.6 Å². The number of piperazine rings is 1. The van der Waals surface area contributed by atoms with E-state index in [9.17, 15) is 13.6 Å². The van der Waals surface area contributed by atoms with E-state index < -0.39 is 17.7 Å². The molecule has 0 aromatic heterocycles. The molecule has 0 aliphatic carbocycles. The number of nitrogens with one attached hydrogen (secondary N) is 2. The molecule has 1 heterocycles. The van der Waals surface area contributed by atoms with Crippen molar-refractivity contribution in [2.75, 3.05) is 31.5 Å². The highest BCUT2D eigenvalue weighted by Gasteiger charge is 2.17. The van der Waals surface area contributed by atoms with E-state index in [0.717, 1.165) is 18.2 Å². The number of nitrogens with zero attached hydrogens (tertiary/aromatic N) is 1. The summed E-state index contributed by atoms with van der Waals surface area (Å²) in [4.78, 5) is 13.3.